The van der Waals surface area contributed by atoms with Crippen molar-refractivity contribution in [2.24, 2.45) is 5.92 Å². The molecule has 0 aliphatic carbocycles. The molecule has 1 rings (SSSR count). The summed E-state index contributed by atoms with van der Waals surface area (Å²) in [6.07, 6.45) is 1.23. The van der Waals surface area contributed by atoms with Gasteiger partial charge in [0.1, 0.15) is 5.82 Å². The Morgan fingerprint density at radius 1 is 1.44 bits per heavy atom. The van der Waals surface area contributed by atoms with E-state index >= 15 is 0 Å². The number of hydrogen-bond donors (Lipinski definition) is 2. The van der Waals surface area contributed by atoms with E-state index in [1.54, 1.807) is 0 Å². The minimum atomic E-state index is -0.934. The van der Waals surface area contributed by atoms with Gasteiger partial charge in [0.15, 0.2) is 0 Å². The van der Waals surface area contributed by atoms with E-state index in [0.717, 1.165) is 12.5 Å². The molecule has 0 spiro atoms. The van der Waals surface area contributed by atoms with Crippen molar-refractivity contribution in [3.05, 3.63) is 35.6 Å². The average Bonchev–Trinajstić information content (AvgIpc) is 2.33. The van der Waals surface area contributed by atoms with Crippen molar-refractivity contribution >= 4 is 11.9 Å². The Balaban J connectivity index is 2.57. The molecule has 2 N–H and O–H groups in total. The van der Waals surface area contributed by atoms with Gasteiger partial charge in [-0.3, -0.25) is 9.59 Å². The summed E-state index contributed by atoms with van der Waals surface area (Å²) in [5, 5.41) is 11.4. The molecule has 1 atom stereocenters. The van der Waals surface area contributed by atoms with Gasteiger partial charge in [-0.05, 0) is 24.6 Å². The van der Waals surface area contributed by atoms with Crippen LogP contribution in [0.4, 0.5) is 4.39 Å². The standard InChI is InChI=1S/C13H16FNO3/c1-2-4-10(13(17)18)8-15-12(16)9-5-3-6-11(14)7-9/h3,5-7,10H,2,4,8H2,1H3,(H,15,16)(H,17,18). The lowest BCUT2D eigenvalue weighted by Gasteiger charge is -2.12. The number of hydrogen-bond acceptors (Lipinski definition) is 2. The van der Waals surface area contributed by atoms with Gasteiger partial charge in [0.2, 0.25) is 0 Å². The molecule has 0 saturated carbocycles. The quantitative estimate of drug-likeness (QED) is 0.815. The highest BCUT2D eigenvalue weighted by Crippen LogP contribution is 2.07. The van der Waals surface area contributed by atoms with E-state index in [9.17, 15) is 14.0 Å². The van der Waals surface area contributed by atoms with Crippen LogP contribution in [0.3, 0.4) is 0 Å². The fraction of sp³-hybridized carbons (Fsp3) is 0.385. The summed E-state index contributed by atoms with van der Waals surface area (Å²) < 4.78 is 12.9. The molecule has 1 aromatic rings. The van der Waals surface area contributed by atoms with Crippen LogP contribution in [0.5, 0.6) is 0 Å². The fourth-order valence-electron chi connectivity index (χ4n) is 1.61. The number of amides is 1. The van der Waals surface area contributed by atoms with Gasteiger partial charge in [-0.15, -0.1) is 0 Å². The lowest BCUT2D eigenvalue weighted by atomic mass is 10.0. The second kappa shape index (κ2) is 6.74. The highest BCUT2D eigenvalue weighted by molar-refractivity contribution is 5.94. The van der Waals surface area contributed by atoms with Crippen molar-refractivity contribution < 1.29 is 19.1 Å². The Labute approximate surface area is 105 Å². The number of rotatable bonds is 6. The predicted molar refractivity (Wildman–Crippen MR) is 64.8 cm³/mol. The second-order valence-electron chi connectivity index (χ2n) is 4.04. The molecule has 98 valence electrons. The first-order valence-electron chi connectivity index (χ1n) is 5.81. The molecule has 0 heterocycles. The van der Waals surface area contributed by atoms with Crippen molar-refractivity contribution in [1.29, 1.82) is 0 Å². The number of aliphatic carboxylic acids is 1. The summed E-state index contributed by atoms with van der Waals surface area (Å²) in [5.74, 6) is -2.49. The zero-order valence-corrected chi connectivity index (χ0v) is 10.1. The molecule has 0 saturated heterocycles. The van der Waals surface area contributed by atoms with Crippen LogP contribution in [0.1, 0.15) is 30.1 Å². The third-order valence-corrected chi connectivity index (χ3v) is 2.58. The van der Waals surface area contributed by atoms with Gasteiger partial charge < -0.3 is 10.4 Å². The molecule has 5 heteroatoms. The van der Waals surface area contributed by atoms with Crippen molar-refractivity contribution in [1.82, 2.24) is 5.32 Å². The molecule has 18 heavy (non-hydrogen) atoms. The molecule has 0 radical (unpaired) electrons. The maximum absolute atomic E-state index is 12.9. The normalized spacial score (nSPS) is 11.9. The largest absolute Gasteiger partial charge is 0.481 e. The van der Waals surface area contributed by atoms with Crippen LogP contribution in [-0.4, -0.2) is 23.5 Å². The number of carbonyl (C=O) groups excluding carboxylic acids is 1. The fourth-order valence-corrected chi connectivity index (χ4v) is 1.61. The summed E-state index contributed by atoms with van der Waals surface area (Å²) in [4.78, 5) is 22.5. The average molecular weight is 253 g/mol. The number of nitrogens with one attached hydrogen (secondary N) is 1. The van der Waals surface area contributed by atoms with E-state index in [2.05, 4.69) is 5.32 Å². The van der Waals surface area contributed by atoms with Gasteiger partial charge in [0.25, 0.3) is 5.91 Å². The van der Waals surface area contributed by atoms with E-state index in [4.69, 9.17) is 5.11 Å². The zero-order chi connectivity index (χ0) is 13.5. The van der Waals surface area contributed by atoms with Crippen LogP contribution in [0, 0.1) is 11.7 Å². The highest BCUT2D eigenvalue weighted by Gasteiger charge is 2.17. The predicted octanol–water partition coefficient (Wildman–Crippen LogP) is 2.06. The molecule has 4 nitrogen and oxygen atoms in total. The summed E-state index contributed by atoms with van der Waals surface area (Å²) in [7, 11) is 0. The Kier molecular flexibility index (Phi) is 5.30. The Hall–Kier alpha value is -1.91. The smallest absolute Gasteiger partial charge is 0.308 e. The maximum Gasteiger partial charge on any atom is 0.308 e. The van der Waals surface area contributed by atoms with E-state index < -0.39 is 23.6 Å². The van der Waals surface area contributed by atoms with Crippen LogP contribution >= 0.6 is 0 Å². The molecular formula is C13H16FNO3. The zero-order valence-electron chi connectivity index (χ0n) is 10.1. The Bertz CT molecular complexity index is 434. The highest BCUT2D eigenvalue weighted by atomic mass is 19.1. The van der Waals surface area contributed by atoms with Crippen LogP contribution in [0.15, 0.2) is 24.3 Å². The van der Waals surface area contributed by atoms with E-state index in [1.165, 1.54) is 18.2 Å². The topological polar surface area (TPSA) is 66.4 Å². The summed E-state index contributed by atoms with van der Waals surface area (Å²) in [5.41, 5.74) is 0.190. The van der Waals surface area contributed by atoms with Crippen LogP contribution in [0.2, 0.25) is 0 Å². The number of carboxylic acids is 1. The van der Waals surface area contributed by atoms with Crippen LogP contribution < -0.4 is 5.32 Å². The minimum Gasteiger partial charge on any atom is -0.481 e. The lowest BCUT2D eigenvalue weighted by molar-refractivity contribution is -0.141. The van der Waals surface area contributed by atoms with Crippen molar-refractivity contribution in [2.45, 2.75) is 19.8 Å². The third-order valence-electron chi connectivity index (χ3n) is 2.58. The van der Waals surface area contributed by atoms with Crippen LogP contribution in [-0.2, 0) is 4.79 Å². The first-order valence-corrected chi connectivity index (χ1v) is 5.81. The number of carbonyl (C=O) groups is 2. The molecule has 1 aromatic carbocycles. The first-order chi connectivity index (χ1) is 8.54. The molecule has 1 unspecified atom stereocenters. The van der Waals surface area contributed by atoms with Gasteiger partial charge in [0, 0.05) is 12.1 Å². The lowest BCUT2D eigenvalue weighted by Crippen LogP contribution is -2.32. The SMILES string of the molecule is CCCC(CNC(=O)c1cccc(F)c1)C(=O)O. The molecule has 0 aromatic heterocycles. The molecule has 1 amide bonds. The number of benzene rings is 1. The van der Waals surface area contributed by atoms with Crippen molar-refractivity contribution in [3.8, 4) is 0 Å². The summed E-state index contributed by atoms with van der Waals surface area (Å²) in [6.45, 7) is 1.93. The summed E-state index contributed by atoms with van der Waals surface area (Å²) in [6, 6.07) is 5.28. The monoisotopic (exact) mass is 253 g/mol. The van der Waals surface area contributed by atoms with E-state index in [0.29, 0.717) is 6.42 Å². The summed E-state index contributed by atoms with van der Waals surface area (Å²) >= 11 is 0. The number of halogens is 1. The van der Waals surface area contributed by atoms with Gasteiger partial charge in [-0.25, -0.2) is 4.39 Å². The Morgan fingerprint density at radius 3 is 2.72 bits per heavy atom. The molecule has 0 bridgehead atoms. The third kappa shape index (κ3) is 4.16. The van der Waals surface area contributed by atoms with Crippen LogP contribution in [0.25, 0.3) is 0 Å². The second-order valence-corrected chi connectivity index (χ2v) is 4.04. The molecule has 0 aliphatic rings. The van der Waals surface area contributed by atoms with Gasteiger partial charge in [-0.2, -0.15) is 0 Å². The Morgan fingerprint density at radius 2 is 2.17 bits per heavy atom. The van der Waals surface area contributed by atoms with Crippen molar-refractivity contribution in [3.63, 3.8) is 0 Å². The minimum absolute atomic E-state index is 0.0541. The van der Waals surface area contributed by atoms with Crippen molar-refractivity contribution in [2.75, 3.05) is 6.54 Å². The maximum atomic E-state index is 12.9. The molecular weight excluding hydrogens is 237 g/mol. The van der Waals surface area contributed by atoms with Gasteiger partial charge in [0.05, 0.1) is 5.92 Å². The first kappa shape index (κ1) is 14.2. The van der Waals surface area contributed by atoms with E-state index in [-0.39, 0.29) is 12.1 Å². The van der Waals surface area contributed by atoms with Gasteiger partial charge in [-0.1, -0.05) is 19.4 Å². The van der Waals surface area contributed by atoms with Gasteiger partial charge >= 0.3 is 5.97 Å². The molecule has 0 aliphatic heterocycles. The number of carboxylic acid groups (broad SMARTS) is 1. The molecule has 0 fully saturated rings. The van der Waals surface area contributed by atoms with E-state index in [1.807, 2.05) is 6.92 Å².